The van der Waals surface area contributed by atoms with Crippen LogP contribution >= 0.6 is 0 Å². The van der Waals surface area contributed by atoms with E-state index in [-0.39, 0.29) is 0 Å². The highest BCUT2D eigenvalue weighted by molar-refractivity contribution is 5.80. The number of aromatic nitrogens is 3. The third-order valence-corrected chi connectivity index (χ3v) is 5.61. The van der Waals surface area contributed by atoms with Gasteiger partial charge in [0.25, 0.3) is 0 Å². The van der Waals surface area contributed by atoms with Crippen LogP contribution in [-0.4, -0.2) is 46.5 Å². The molecule has 4 aromatic rings. The first-order valence-corrected chi connectivity index (χ1v) is 10.9. The van der Waals surface area contributed by atoms with E-state index in [1.165, 1.54) is 11.1 Å². The van der Waals surface area contributed by atoms with Crippen LogP contribution in [0, 0.1) is 6.92 Å². The van der Waals surface area contributed by atoms with E-state index in [4.69, 9.17) is 4.98 Å². The molecule has 1 N–H and O–H groups in total. The van der Waals surface area contributed by atoms with Gasteiger partial charge in [-0.15, -0.1) is 0 Å². The van der Waals surface area contributed by atoms with E-state index in [1.807, 2.05) is 18.3 Å². The minimum Gasteiger partial charge on any atom is -0.353 e. The Morgan fingerprint density at radius 3 is 2.41 bits per heavy atom. The van der Waals surface area contributed by atoms with Gasteiger partial charge >= 0.3 is 0 Å². The maximum Gasteiger partial charge on any atom is 0.223 e. The smallest absolute Gasteiger partial charge is 0.223 e. The fraction of sp³-hybridized carbons (Fsp3) is 0.222. The molecule has 0 fully saturated rings. The lowest BCUT2D eigenvalue weighted by molar-refractivity contribution is 0.303. The largest absolute Gasteiger partial charge is 0.353 e. The summed E-state index contributed by atoms with van der Waals surface area (Å²) < 4.78 is 0. The molecule has 0 saturated carbocycles. The van der Waals surface area contributed by atoms with E-state index in [0.717, 1.165) is 35.3 Å². The van der Waals surface area contributed by atoms with E-state index in [2.05, 4.69) is 95.8 Å². The Morgan fingerprint density at radius 1 is 0.906 bits per heavy atom. The average Bonchev–Trinajstić information content (AvgIpc) is 2.82. The van der Waals surface area contributed by atoms with Gasteiger partial charge in [0.05, 0.1) is 5.69 Å². The normalized spacial score (nSPS) is 12.0. The molecule has 0 bridgehead atoms. The van der Waals surface area contributed by atoms with Crippen molar-refractivity contribution < 1.29 is 0 Å². The Hall–Kier alpha value is -3.57. The zero-order valence-electron chi connectivity index (χ0n) is 18.9. The quantitative estimate of drug-likeness (QED) is 0.427. The molecule has 5 heteroatoms. The number of pyridine rings is 1. The first-order chi connectivity index (χ1) is 15.6. The minimum absolute atomic E-state index is 0.321. The number of nitrogens with zero attached hydrogens (tertiary/aromatic N) is 4. The third kappa shape index (κ3) is 5.37. The minimum atomic E-state index is 0.321. The zero-order valence-corrected chi connectivity index (χ0v) is 18.9. The summed E-state index contributed by atoms with van der Waals surface area (Å²) in [5.74, 6) is 0.633. The van der Waals surface area contributed by atoms with Crippen LogP contribution in [0.1, 0.15) is 11.1 Å². The molecule has 4 rings (SSSR count). The average molecular weight is 424 g/mol. The molecule has 5 nitrogen and oxygen atoms in total. The van der Waals surface area contributed by atoms with Crippen molar-refractivity contribution in [1.29, 1.82) is 0 Å². The summed E-state index contributed by atoms with van der Waals surface area (Å²) in [6, 6.07) is 23.3. The highest BCUT2D eigenvalue weighted by Crippen LogP contribution is 2.31. The molecule has 0 aliphatic rings. The number of nitrogens with one attached hydrogen (secondary N) is 1. The van der Waals surface area contributed by atoms with Gasteiger partial charge in [-0.2, -0.15) is 0 Å². The Kier molecular flexibility index (Phi) is 6.87. The van der Waals surface area contributed by atoms with Gasteiger partial charge in [0.1, 0.15) is 0 Å². The molecule has 0 spiro atoms. The summed E-state index contributed by atoms with van der Waals surface area (Å²) in [6.07, 6.45) is 6.47. The van der Waals surface area contributed by atoms with Gasteiger partial charge < -0.3 is 10.2 Å². The number of likely N-dealkylation sites (N-methyl/N-ethyl adjacent to an activating group) is 1. The lowest BCUT2D eigenvalue weighted by Crippen LogP contribution is -2.36. The van der Waals surface area contributed by atoms with Crippen LogP contribution in [0.5, 0.6) is 0 Å². The standard InChI is InChI=1S/C27H29N5/c1-20-8-7-11-23(16-20)25-19-30-27(31-26(25)22-12-14-28-15-13-22)29-18-24(32(2)3)17-21-9-5-4-6-10-21/h4-16,19,24H,17-18H2,1-3H3,(H,29,30,31)/t24-/m0/s1. The second-order valence-corrected chi connectivity index (χ2v) is 8.25. The summed E-state index contributed by atoms with van der Waals surface area (Å²) in [5, 5.41) is 3.47. The van der Waals surface area contributed by atoms with E-state index >= 15 is 0 Å². The second-order valence-electron chi connectivity index (χ2n) is 8.25. The van der Waals surface area contributed by atoms with Gasteiger partial charge in [-0.1, -0.05) is 60.2 Å². The summed E-state index contributed by atoms with van der Waals surface area (Å²) >= 11 is 0. The van der Waals surface area contributed by atoms with E-state index in [9.17, 15) is 0 Å². The Bertz CT molecular complexity index is 1140. The molecule has 1 atom stereocenters. The van der Waals surface area contributed by atoms with Crippen LogP contribution in [0.25, 0.3) is 22.4 Å². The lowest BCUT2D eigenvalue weighted by Gasteiger charge is -2.25. The van der Waals surface area contributed by atoms with E-state index in [1.54, 1.807) is 12.4 Å². The van der Waals surface area contributed by atoms with Crippen LogP contribution in [0.3, 0.4) is 0 Å². The van der Waals surface area contributed by atoms with Crippen molar-refractivity contribution in [3.8, 4) is 22.4 Å². The molecule has 0 aliphatic carbocycles. The Morgan fingerprint density at radius 2 is 1.69 bits per heavy atom. The number of hydrogen-bond acceptors (Lipinski definition) is 5. The number of rotatable bonds is 8. The first-order valence-electron chi connectivity index (χ1n) is 10.9. The topological polar surface area (TPSA) is 53.9 Å². The van der Waals surface area contributed by atoms with Crippen molar-refractivity contribution in [2.75, 3.05) is 26.0 Å². The SMILES string of the molecule is Cc1cccc(-c2cnc(NC[C@H](Cc3ccccc3)N(C)C)nc2-c2ccncc2)c1. The van der Waals surface area contributed by atoms with E-state index < -0.39 is 0 Å². The van der Waals surface area contributed by atoms with Gasteiger partial charge in [-0.25, -0.2) is 9.97 Å². The molecule has 162 valence electrons. The number of benzene rings is 2. The molecule has 0 aliphatic heterocycles. The van der Waals surface area contributed by atoms with Crippen LogP contribution in [-0.2, 0) is 6.42 Å². The predicted octanol–water partition coefficient (Wildman–Crippen LogP) is 5.10. The lowest BCUT2D eigenvalue weighted by atomic mass is 10.00. The monoisotopic (exact) mass is 423 g/mol. The fourth-order valence-electron chi connectivity index (χ4n) is 3.75. The molecule has 2 aromatic heterocycles. The van der Waals surface area contributed by atoms with Crippen molar-refractivity contribution in [3.63, 3.8) is 0 Å². The number of anilines is 1. The molecule has 0 unspecified atom stereocenters. The van der Waals surface area contributed by atoms with Crippen molar-refractivity contribution in [1.82, 2.24) is 19.9 Å². The van der Waals surface area contributed by atoms with Gasteiger partial charge in [0.15, 0.2) is 0 Å². The highest BCUT2D eigenvalue weighted by atomic mass is 15.2. The van der Waals surface area contributed by atoms with Crippen molar-refractivity contribution >= 4 is 5.95 Å². The summed E-state index contributed by atoms with van der Waals surface area (Å²) in [7, 11) is 4.22. The van der Waals surface area contributed by atoms with Crippen LogP contribution in [0.15, 0.2) is 85.3 Å². The highest BCUT2D eigenvalue weighted by Gasteiger charge is 2.15. The van der Waals surface area contributed by atoms with Gasteiger partial charge in [-0.3, -0.25) is 4.98 Å². The molecular weight excluding hydrogens is 394 g/mol. The number of aryl methyl sites for hydroxylation is 1. The van der Waals surface area contributed by atoms with Crippen LogP contribution < -0.4 is 5.32 Å². The Balaban J connectivity index is 1.60. The molecule has 32 heavy (non-hydrogen) atoms. The molecule has 0 radical (unpaired) electrons. The van der Waals surface area contributed by atoms with Gasteiger partial charge in [0, 0.05) is 42.3 Å². The molecular formula is C27H29N5. The van der Waals surface area contributed by atoms with Gasteiger partial charge in [0.2, 0.25) is 5.95 Å². The summed E-state index contributed by atoms with van der Waals surface area (Å²) in [4.78, 5) is 16.0. The molecule has 0 amide bonds. The van der Waals surface area contributed by atoms with E-state index in [0.29, 0.717) is 12.0 Å². The summed E-state index contributed by atoms with van der Waals surface area (Å²) in [5.41, 5.74) is 6.58. The number of hydrogen-bond donors (Lipinski definition) is 1. The molecule has 2 aromatic carbocycles. The first kappa shape index (κ1) is 21.7. The second kappa shape index (κ2) is 10.2. The fourth-order valence-corrected chi connectivity index (χ4v) is 3.75. The van der Waals surface area contributed by atoms with Crippen LogP contribution in [0.2, 0.25) is 0 Å². The zero-order chi connectivity index (χ0) is 22.3. The molecule has 2 heterocycles. The maximum atomic E-state index is 4.92. The maximum absolute atomic E-state index is 4.92. The van der Waals surface area contributed by atoms with Gasteiger partial charge in [-0.05, 0) is 50.7 Å². The Labute approximate surface area is 190 Å². The van der Waals surface area contributed by atoms with Crippen molar-refractivity contribution in [2.24, 2.45) is 0 Å². The molecule has 0 saturated heterocycles. The van der Waals surface area contributed by atoms with Crippen LogP contribution in [0.4, 0.5) is 5.95 Å². The third-order valence-electron chi connectivity index (χ3n) is 5.61. The van der Waals surface area contributed by atoms with Crippen molar-refractivity contribution in [3.05, 3.63) is 96.4 Å². The van der Waals surface area contributed by atoms with Crippen molar-refractivity contribution in [2.45, 2.75) is 19.4 Å². The summed E-state index contributed by atoms with van der Waals surface area (Å²) in [6.45, 7) is 2.85. The predicted molar refractivity (Wildman–Crippen MR) is 132 cm³/mol.